The first-order chi connectivity index (χ1) is 19.7. The smallest absolute Gasteiger partial charge is 0.407 e. The monoisotopic (exact) mass is 592 g/mol. The number of nitrogens with zero attached hydrogens (tertiary/aromatic N) is 3. The number of carbonyl (C=O) groups is 3. The summed E-state index contributed by atoms with van der Waals surface area (Å²) in [4.78, 5) is 45.6. The first-order valence-electron chi connectivity index (χ1n) is 13.3. The lowest BCUT2D eigenvalue weighted by Gasteiger charge is -2.35. The molecule has 1 aromatic heterocycles. The number of hydrogen-bond acceptors (Lipinski definition) is 9. The molecule has 1 aliphatic rings. The molecule has 0 radical (unpaired) electrons. The molecule has 1 fully saturated rings. The highest BCUT2D eigenvalue weighted by Crippen LogP contribution is 2.48. The average Bonchev–Trinajstić information content (AvgIpc) is 2.97. The predicted molar refractivity (Wildman–Crippen MR) is 150 cm³/mol. The number of carboxylic acid groups (broad SMARTS) is 1. The zero-order valence-electron chi connectivity index (χ0n) is 23.5. The molecule has 41 heavy (non-hydrogen) atoms. The average molecular weight is 593 g/mol. The molecule has 0 saturated carbocycles. The molecule has 224 valence electrons. The Morgan fingerprint density at radius 1 is 1.00 bits per heavy atom. The topological polar surface area (TPSA) is 157 Å². The van der Waals surface area contributed by atoms with E-state index in [2.05, 4.69) is 10.3 Å². The fourth-order valence-electron chi connectivity index (χ4n) is 4.22. The van der Waals surface area contributed by atoms with E-state index in [1.807, 2.05) is 30.3 Å². The van der Waals surface area contributed by atoms with Crippen molar-refractivity contribution in [2.45, 2.75) is 19.9 Å². The van der Waals surface area contributed by atoms with Crippen molar-refractivity contribution in [2.75, 3.05) is 65.9 Å². The molecule has 1 atom stereocenters. The standard InChI is InChI=1S/C27H37N4O9P/c1-4-39-41(36,40-5-2)19-24(26(33)30-11-13-31(14-12-30)27(34)35)29-25(32)23-18-21(38-16-15-37-3)17-22(28-23)20-9-7-6-8-10-20/h6-10,17-18,24H,4-5,11-16,19H2,1-3H3,(H,29,32)(H,34,35)/t24-/m0/s1. The van der Waals surface area contributed by atoms with Crippen LogP contribution in [0.2, 0.25) is 0 Å². The van der Waals surface area contributed by atoms with Crippen LogP contribution in [0.4, 0.5) is 4.79 Å². The number of hydrogen-bond donors (Lipinski definition) is 2. The van der Waals surface area contributed by atoms with E-state index in [1.165, 1.54) is 15.9 Å². The van der Waals surface area contributed by atoms with Crippen LogP contribution in [-0.4, -0.2) is 110 Å². The highest BCUT2D eigenvalue weighted by molar-refractivity contribution is 7.54. The van der Waals surface area contributed by atoms with Gasteiger partial charge in [-0.1, -0.05) is 30.3 Å². The van der Waals surface area contributed by atoms with Gasteiger partial charge in [-0.15, -0.1) is 0 Å². The van der Waals surface area contributed by atoms with Gasteiger partial charge in [-0.2, -0.15) is 0 Å². The Morgan fingerprint density at radius 2 is 1.63 bits per heavy atom. The zero-order valence-corrected chi connectivity index (χ0v) is 24.4. The number of methoxy groups -OCH3 is 1. The molecule has 14 heteroatoms. The lowest BCUT2D eigenvalue weighted by Crippen LogP contribution is -2.56. The number of nitrogens with one attached hydrogen (secondary N) is 1. The fourth-order valence-corrected chi connectivity index (χ4v) is 5.99. The van der Waals surface area contributed by atoms with E-state index in [0.717, 1.165) is 5.56 Å². The molecule has 0 spiro atoms. The molecule has 2 aromatic rings. The number of benzene rings is 1. The molecule has 3 rings (SSSR count). The second kappa shape index (κ2) is 15.5. The maximum absolute atomic E-state index is 13.6. The van der Waals surface area contributed by atoms with Crippen LogP contribution in [0, 0.1) is 0 Å². The SMILES string of the molecule is CCOP(=O)(C[C@H](NC(=O)c1cc(OCCOC)cc(-c2ccccc2)n1)C(=O)N1CCN(C(=O)O)CC1)OCC. The van der Waals surface area contributed by atoms with Crippen LogP contribution >= 0.6 is 7.60 Å². The van der Waals surface area contributed by atoms with E-state index >= 15 is 0 Å². The van der Waals surface area contributed by atoms with Crippen molar-refractivity contribution in [3.63, 3.8) is 0 Å². The van der Waals surface area contributed by atoms with E-state index in [1.54, 1.807) is 27.0 Å². The second-order valence-electron chi connectivity index (χ2n) is 9.03. The predicted octanol–water partition coefficient (Wildman–Crippen LogP) is 2.96. The Balaban J connectivity index is 1.91. The third-order valence-corrected chi connectivity index (χ3v) is 8.30. The maximum Gasteiger partial charge on any atom is 0.407 e. The molecule has 13 nitrogen and oxygen atoms in total. The molecule has 1 aromatic carbocycles. The molecule has 0 aliphatic carbocycles. The molecular weight excluding hydrogens is 555 g/mol. The number of amides is 3. The van der Waals surface area contributed by atoms with Gasteiger partial charge in [-0.25, -0.2) is 9.78 Å². The molecule has 0 unspecified atom stereocenters. The third-order valence-electron chi connectivity index (χ3n) is 6.18. The molecular formula is C27H37N4O9P. The van der Waals surface area contributed by atoms with Crippen LogP contribution in [0.1, 0.15) is 24.3 Å². The Morgan fingerprint density at radius 3 is 2.22 bits per heavy atom. The molecule has 0 bridgehead atoms. The van der Waals surface area contributed by atoms with Gasteiger partial charge < -0.3 is 38.7 Å². The van der Waals surface area contributed by atoms with Crippen LogP contribution in [0.15, 0.2) is 42.5 Å². The van der Waals surface area contributed by atoms with E-state index in [0.29, 0.717) is 18.1 Å². The summed E-state index contributed by atoms with van der Waals surface area (Å²) >= 11 is 0. The number of rotatable bonds is 14. The fraction of sp³-hybridized carbons (Fsp3) is 0.481. The summed E-state index contributed by atoms with van der Waals surface area (Å²) in [5, 5.41) is 11.9. The highest BCUT2D eigenvalue weighted by atomic mass is 31.2. The summed E-state index contributed by atoms with van der Waals surface area (Å²) in [7, 11) is -2.22. The zero-order chi connectivity index (χ0) is 29.8. The number of carbonyl (C=O) groups excluding carboxylic acids is 2. The number of pyridine rings is 1. The van der Waals surface area contributed by atoms with Gasteiger partial charge >= 0.3 is 13.7 Å². The van der Waals surface area contributed by atoms with Gasteiger partial charge in [-0.3, -0.25) is 14.2 Å². The number of ether oxygens (including phenoxy) is 2. The van der Waals surface area contributed by atoms with Gasteiger partial charge in [0.25, 0.3) is 5.91 Å². The van der Waals surface area contributed by atoms with Crippen molar-refractivity contribution in [2.24, 2.45) is 0 Å². The normalized spacial score (nSPS) is 14.4. The van der Waals surface area contributed by atoms with Gasteiger partial charge in [0.2, 0.25) is 5.91 Å². The summed E-state index contributed by atoms with van der Waals surface area (Å²) in [6.45, 7) is 4.48. The van der Waals surface area contributed by atoms with Crippen LogP contribution < -0.4 is 10.1 Å². The minimum atomic E-state index is -3.77. The summed E-state index contributed by atoms with van der Waals surface area (Å²) in [6.07, 6.45) is -1.49. The van der Waals surface area contributed by atoms with Crippen molar-refractivity contribution in [1.29, 1.82) is 0 Å². The van der Waals surface area contributed by atoms with Crippen molar-refractivity contribution in [1.82, 2.24) is 20.1 Å². The lowest BCUT2D eigenvalue weighted by molar-refractivity contribution is -0.134. The second-order valence-corrected chi connectivity index (χ2v) is 11.1. The van der Waals surface area contributed by atoms with Crippen molar-refractivity contribution >= 4 is 25.5 Å². The van der Waals surface area contributed by atoms with Crippen LogP contribution in [0.3, 0.4) is 0 Å². The minimum absolute atomic E-state index is 0.0186. The Labute approximate surface area is 239 Å². The number of aromatic nitrogens is 1. The molecule has 2 N–H and O–H groups in total. The van der Waals surface area contributed by atoms with E-state index in [4.69, 9.17) is 18.5 Å². The molecule has 1 aliphatic heterocycles. The molecule has 3 amide bonds. The summed E-state index contributed by atoms with van der Waals surface area (Å²) < 4.78 is 35.0. The summed E-state index contributed by atoms with van der Waals surface area (Å²) in [5.74, 6) is -0.844. The first kappa shape index (κ1) is 32.0. The Bertz CT molecular complexity index is 1210. The highest BCUT2D eigenvalue weighted by Gasteiger charge is 2.37. The van der Waals surface area contributed by atoms with Crippen molar-refractivity contribution in [3.05, 3.63) is 48.2 Å². The summed E-state index contributed by atoms with van der Waals surface area (Å²) in [6, 6.07) is 11.1. The lowest BCUT2D eigenvalue weighted by atomic mass is 10.1. The van der Waals surface area contributed by atoms with Gasteiger partial charge in [0.05, 0.1) is 31.7 Å². The van der Waals surface area contributed by atoms with Gasteiger partial charge in [-0.05, 0) is 13.8 Å². The largest absolute Gasteiger partial charge is 0.491 e. The molecule has 1 saturated heterocycles. The Kier molecular flexibility index (Phi) is 12.1. The van der Waals surface area contributed by atoms with Crippen LogP contribution in [-0.2, 0) is 23.1 Å². The van der Waals surface area contributed by atoms with Crippen LogP contribution in [0.25, 0.3) is 11.3 Å². The summed E-state index contributed by atoms with van der Waals surface area (Å²) in [5.41, 5.74) is 1.21. The van der Waals surface area contributed by atoms with Crippen molar-refractivity contribution in [3.8, 4) is 17.0 Å². The van der Waals surface area contributed by atoms with E-state index in [9.17, 15) is 24.1 Å². The maximum atomic E-state index is 13.6. The van der Waals surface area contributed by atoms with Crippen molar-refractivity contribution < 1.29 is 42.6 Å². The van der Waals surface area contributed by atoms with E-state index < -0.39 is 37.7 Å². The van der Waals surface area contributed by atoms with Gasteiger partial charge in [0.1, 0.15) is 24.1 Å². The third kappa shape index (κ3) is 9.25. The van der Waals surface area contributed by atoms with Crippen LogP contribution in [0.5, 0.6) is 5.75 Å². The minimum Gasteiger partial charge on any atom is -0.491 e. The van der Waals surface area contributed by atoms with Gasteiger partial charge in [0.15, 0.2) is 0 Å². The number of piperazine rings is 1. The first-order valence-corrected chi connectivity index (χ1v) is 15.1. The molecule has 2 heterocycles. The Hall–Kier alpha value is -3.51. The van der Waals surface area contributed by atoms with Gasteiger partial charge in [0, 0.05) is 51.0 Å². The quantitative estimate of drug-likeness (QED) is 0.247. The van der Waals surface area contributed by atoms with E-state index in [-0.39, 0.29) is 51.7 Å².